The number of rotatable bonds is 5. The first kappa shape index (κ1) is 18.3. The van der Waals surface area contributed by atoms with Gasteiger partial charge < -0.3 is 10.3 Å². The number of nitrogens with zero attached hydrogens (tertiary/aromatic N) is 3. The third kappa shape index (κ3) is 3.14. The summed E-state index contributed by atoms with van der Waals surface area (Å²) in [7, 11) is 0. The molecule has 26 heavy (non-hydrogen) atoms. The van der Waals surface area contributed by atoms with Crippen molar-refractivity contribution in [3.63, 3.8) is 0 Å². The summed E-state index contributed by atoms with van der Waals surface area (Å²) >= 11 is 1.50. The molecule has 0 bridgehead atoms. The van der Waals surface area contributed by atoms with Crippen LogP contribution in [0.1, 0.15) is 45.3 Å². The van der Waals surface area contributed by atoms with Crippen molar-refractivity contribution in [1.82, 2.24) is 14.9 Å². The molecule has 7 heteroatoms. The van der Waals surface area contributed by atoms with Gasteiger partial charge in [0.1, 0.15) is 5.76 Å². The second kappa shape index (κ2) is 6.99. The summed E-state index contributed by atoms with van der Waals surface area (Å²) in [6.45, 7) is 9.51. The molecular weight excluding hydrogens is 348 g/mol. The number of carbonyl (C=O) groups is 1. The van der Waals surface area contributed by atoms with Gasteiger partial charge in [-0.05, 0) is 62.9 Å². The first-order valence-corrected chi connectivity index (χ1v) is 9.28. The Hall–Kier alpha value is -2.54. The number of hydrogen-bond acceptors (Lipinski definition) is 6. The molecule has 2 heterocycles. The van der Waals surface area contributed by atoms with Crippen molar-refractivity contribution in [3.05, 3.63) is 52.0 Å². The van der Waals surface area contributed by atoms with Crippen molar-refractivity contribution in [2.24, 2.45) is 0 Å². The Morgan fingerprint density at radius 2 is 1.96 bits per heavy atom. The van der Waals surface area contributed by atoms with Crippen LogP contribution in [-0.2, 0) is 5.75 Å². The Bertz CT molecular complexity index is 988. The van der Waals surface area contributed by atoms with E-state index in [9.17, 15) is 4.79 Å². The number of carbonyl (C=O) groups excluding carboxylic acids is 1. The van der Waals surface area contributed by atoms with Gasteiger partial charge in [0, 0.05) is 11.3 Å². The van der Waals surface area contributed by atoms with Gasteiger partial charge in [0.05, 0.1) is 11.8 Å². The Balaban J connectivity index is 1.89. The molecule has 0 radical (unpaired) electrons. The first-order valence-electron chi connectivity index (χ1n) is 8.29. The summed E-state index contributed by atoms with van der Waals surface area (Å²) in [6.07, 6.45) is 1.61. The van der Waals surface area contributed by atoms with E-state index in [4.69, 9.17) is 10.3 Å². The quantitative estimate of drug-likeness (QED) is 0.415. The van der Waals surface area contributed by atoms with Crippen molar-refractivity contribution in [2.45, 2.75) is 45.5 Å². The van der Waals surface area contributed by atoms with Gasteiger partial charge in [0.15, 0.2) is 11.6 Å². The van der Waals surface area contributed by atoms with E-state index in [1.54, 1.807) is 13.2 Å². The molecule has 0 atom stereocenters. The van der Waals surface area contributed by atoms with Crippen LogP contribution in [0, 0.1) is 27.7 Å². The highest BCUT2D eigenvalue weighted by Crippen LogP contribution is 2.30. The number of hydrogen-bond donors (Lipinski definition) is 1. The van der Waals surface area contributed by atoms with E-state index < -0.39 is 0 Å². The molecule has 6 nitrogen and oxygen atoms in total. The van der Waals surface area contributed by atoms with Crippen molar-refractivity contribution in [3.8, 4) is 11.4 Å². The maximum Gasteiger partial charge on any atom is 0.210 e. The van der Waals surface area contributed by atoms with Gasteiger partial charge in [0.2, 0.25) is 5.16 Å². The lowest BCUT2D eigenvalue weighted by atomic mass is 9.92. The lowest BCUT2D eigenvalue weighted by Crippen LogP contribution is -2.12. The van der Waals surface area contributed by atoms with Crippen LogP contribution in [-0.4, -0.2) is 20.7 Å². The average molecular weight is 370 g/mol. The van der Waals surface area contributed by atoms with E-state index in [2.05, 4.69) is 23.2 Å². The lowest BCUT2D eigenvalue weighted by Gasteiger charge is -2.15. The topological polar surface area (TPSA) is 86.9 Å². The molecule has 0 saturated heterocycles. The van der Waals surface area contributed by atoms with Crippen LogP contribution in [0.25, 0.3) is 11.4 Å². The molecule has 3 aromatic rings. The number of benzene rings is 1. The molecule has 0 unspecified atom stereocenters. The zero-order valence-corrected chi connectivity index (χ0v) is 16.4. The van der Waals surface area contributed by atoms with Gasteiger partial charge in [-0.25, -0.2) is 4.68 Å². The molecule has 0 aliphatic carbocycles. The summed E-state index contributed by atoms with van der Waals surface area (Å²) < 4.78 is 6.79. The van der Waals surface area contributed by atoms with Gasteiger partial charge in [0.25, 0.3) is 0 Å². The SMILES string of the molecule is CC(=O)c1c(C)cc(C)c(CSc2nnc(-c3ccoc3C)n2N)c1C. The smallest absolute Gasteiger partial charge is 0.210 e. The molecule has 1 aromatic carbocycles. The van der Waals surface area contributed by atoms with E-state index >= 15 is 0 Å². The van der Waals surface area contributed by atoms with Crippen LogP contribution < -0.4 is 5.84 Å². The van der Waals surface area contributed by atoms with Crippen LogP contribution in [0.4, 0.5) is 0 Å². The predicted molar refractivity (Wildman–Crippen MR) is 103 cm³/mol. The van der Waals surface area contributed by atoms with Crippen molar-refractivity contribution in [1.29, 1.82) is 0 Å². The molecule has 136 valence electrons. The van der Waals surface area contributed by atoms with Gasteiger partial charge >= 0.3 is 0 Å². The standard InChI is InChI=1S/C19H22N4O2S/c1-10-8-11(2)17(13(4)24)12(3)16(10)9-26-19-22-21-18(23(19)20)15-6-7-25-14(15)5/h6-8H,9,20H2,1-5H3. The number of Topliss-reactive ketones (excluding diaryl/α,β-unsaturated/α-hetero) is 1. The highest BCUT2D eigenvalue weighted by molar-refractivity contribution is 7.98. The van der Waals surface area contributed by atoms with Gasteiger partial charge in [-0.3, -0.25) is 4.79 Å². The van der Waals surface area contributed by atoms with E-state index in [0.717, 1.165) is 39.1 Å². The zero-order chi connectivity index (χ0) is 19.0. The van der Waals surface area contributed by atoms with Crippen molar-refractivity contribution >= 4 is 17.5 Å². The summed E-state index contributed by atoms with van der Waals surface area (Å²) in [4.78, 5) is 12.0. The van der Waals surface area contributed by atoms with Crippen LogP contribution in [0.5, 0.6) is 0 Å². The highest BCUT2D eigenvalue weighted by Gasteiger charge is 2.18. The van der Waals surface area contributed by atoms with Gasteiger partial charge in [-0.1, -0.05) is 17.8 Å². The van der Waals surface area contributed by atoms with Gasteiger partial charge in [-0.15, -0.1) is 10.2 Å². The number of aromatic nitrogens is 3. The van der Waals surface area contributed by atoms with E-state index in [1.807, 2.05) is 26.8 Å². The molecule has 2 aromatic heterocycles. The summed E-state index contributed by atoms with van der Waals surface area (Å²) in [5.41, 5.74) is 5.96. The molecule has 0 saturated carbocycles. The fourth-order valence-corrected chi connectivity index (χ4v) is 4.34. The maximum atomic E-state index is 12.0. The number of nitrogen functional groups attached to an aromatic ring is 1. The van der Waals surface area contributed by atoms with Crippen LogP contribution >= 0.6 is 11.8 Å². The second-order valence-electron chi connectivity index (χ2n) is 6.40. The maximum absolute atomic E-state index is 12.0. The van der Waals surface area contributed by atoms with E-state index in [0.29, 0.717) is 16.7 Å². The minimum atomic E-state index is 0.0889. The molecule has 0 amide bonds. The molecular formula is C19H22N4O2S. The monoisotopic (exact) mass is 370 g/mol. The van der Waals surface area contributed by atoms with E-state index in [-0.39, 0.29) is 5.78 Å². The predicted octanol–water partition coefficient (Wildman–Crippen LogP) is 3.98. The van der Waals surface area contributed by atoms with Crippen LogP contribution in [0.15, 0.2) is 28.0 Å². The number of ketones is 1. The Morgan fingerprint density at radius 3 is 2.58 bits per heavy atom. The number of thioether (sulfide) groups is 1. The Labute approximate surface area is 156 Å². The number of aryl methyl sites for hydroxylation is 3. The van der Waals surface area contributed by atoms with Crippen LogP contribution in [0.2, 0.25) is 0 Å². The first-order chi connectivity index (χ1) is 12.3. The van der Waals surface area contributed by atoms with Crippen molar-refractivity contribution in [2.75, 3.05) is 5.84 Å². The third-order valence-electron chi connectivity index (χ3n) is 4.59. The average Bonchev–Trinajstić information content (AvgIpc) is 3.12. The van der Waals surface area contributed by atoms with Gasteiger partial charge in [-0.2, -0.15) is 0 Å². The minimum absolute atomic E-state index is 0.0889. The number of furan rings is 1. The minimum Gasteiger partial charge on any atom is -0.469 e. The summed E-state index contributed by atoms with van der Waals surface area (Å²) in [5.74, 6) is 8.25. The second-order valence-corrected chi connectivity index (χ2v) is 7.34. The molecule has 0 aliphatic heterocycles. The molecule has 0 fully saturated rings. The molecule has 0 aliphatic rings. The summed E-state index contributed by atoms with van der Waals surface area (Å²) in [6, 6.07) is 3.89. The third-order valence-corrected chi connectivity index (χ3v) is 5.56. The fraction of sp³-hybridized carbons (Fsp3) is 0.316. The normalized spacial score (nSPS) is 11.1. The van der Waals surface area contributed by atoms with E-state index in [1.165, 1.54) is 16.4 Å². The number of nitrogens with two attached hydrogens (primary N) is 1. The molecule has 2 N–H and O–H groups in total. The Kier molecular flexibility index (Phi) is 4.91. The fourth-order valence-electron chi connectivity index (χ4n) is 3.30. The lowest BCUT2D eigenvalue weighted by molar-refractivity contribution is 0.101. The molecule has 0 spiro atoms. The molecule has 3 rings (SSSR count). The van der Waals surface area contributed by atoms with Crippen molar-refractivity contribution < 1.29 is 9.21 Å². The Morgan fingerprint density at radius 1 is 1.23 bits per heavy atom. The largest absolute Gasteiger partial charge is 0.469 e. The zero-order valence-electron chi connectivity index (χ0n) is 15.6. The summed E-state index contributed by atoms with van der Waals surface area (Å²) in [5, 5.41) is 9.01. The van der Waals surface area contributed by atoms with Crippen LogP contribution in [0.3, 0.4) is 0 Å². The highest BCUT2D eigenvalue weighted by atomic mass is 32.2.